The number of aromatic nitrogens is 2. The van der Waals surface area contributed by atoms with Crippen molar-refractivity contribution in [2.45, 2.75) is 70.0 Å². The molecule has 7 heteroatoms. The molecule has 7 nitrogen and oxygen atoms in total. The number of amides is 2. The van der Waals surface area contributed by atoms with Crippen molar-refractivity contribution < 1.29 is 9.59 Å². The maximum Gasteiger partial charge on any atom is 0.248 e. The van der Waals surface area contributed by atoms with Crippen LogP contribution in [-0.2, 0) is 9.59 Å². The van der Waals surface area contributed by atoms with E-state index in [1.165, 1.54) is 6.42 Å². The fourth-order valence-corrected chi connectivity index (χ4v) is 5.36. The third-order valence-corrected chi connectivity index (χ3v) is 7.20. The summed E-state index contributed by atoms with van der Waals surface area (Å²) in [5.74, 6) is -0.221. The first-order valence-corrected chi connectivity index (χ1v) is 12.5. The normalized spacial score (nSPS) is 19.7. The van der Waals surface area contributed by atoms with E-state index in [9.17, 15) is 9.59 Å². The molecular formula is C27H33N5O2. The summed E-state index contributed by atoms with van der Waals surface area (Å²) >= 11 is 0. The highest BCUT2D eigenvalue weighted by Gasteiger charge is 2.38. The fourth-order valence-electron chi connectivity index (χ4n) is 5.36. The van der Waals surface area contributed by atoms with Crippen LogP contribution < -0.4 is 15.5 Å². The van der Waals surface area contributed by atoms with Crippen LogP contribution >= 0.6 is 0 Å². The zero-order valence-electron chi connectivity index (χ0n) is 19.7. The van der Waals surface area contributed by atoms with Gasteiger partial charge in [-0.3, -0.25) is 19.5 Å². The van der Waals surface area contributed by atoms with Crippen molar-refractivity contribution in [3.05, 3.63) is 60.0 Å². The third-order valence-electron chi connectivity index (χ3n) is 7.20. The van der Waals surface area contributed by atoms with Gasteiger partial charge in [0.1, 0.15) is 6.04 Å². The van der Waals surface area contributed by atoms with Crippen LogP contribution in [0, 0.1) is 6.92 Å². The summed E-state index contributed by atoms with van der Waals surface area (Å²) in [6.45, 7) is 2.87. The van der Waals surface area contributed by atoms with Crippen LogP contribution in [0.15, 0.2) is 48.9 Å². The minimum Gasteiger partial charge on any atom is -0.361 e. The Labute approximate surface area is 200 Å². The molecule has 2 amide bonds. The Bertz CT molecular complexity index is 1150. The topological polar surface area (TPSA) is 90.1 Å². The van der Waals surface area contributed by atoms with Gasteiger partial charge in [0.25, 0.3) is 0 Å². The molecule has 2 atom stereocenters. The lowest BCUT2D eigenvalue weighted by molar-refractivity contribution is -0.128. The molecule has 34 heavy (non-hydrogen) atoms. The van der Waals surface area contributed by atoms with Crippen molar-refractivity contribution in [2.24, 2.45) is 0 Å². The number of rotatable bonds is 6. The van der Waals surface area contributed by atoms with Gasteiger partial charge >= 0.3 is 0 Å². The van der Waals surface area contributed by atoms with Crippen molar-refractivity contribution >= 4 is 28.4 Å². The Morgan fingerprint density at radius 3 is 2.71 bits per heavy atom. The van der Waals surface area contributed by atoms with E-state index in [-0.39, 0.29) is 23.9 Å². The quantitative estimate of drug-likeness (QED) is 0.517. The molecule has 2 aromatic heterocycles. The van der Waals surface area contributed by atoms with Gasteiger partial charge < -0.3 is 15.6 Å². The summed E-state index contributed by atoms with van der Waals surface area (Å²) in [4.78, 5) is 37.1. The number of hydrogen-bond donors (Lipinski definition) is 3. The summed E-state index contributed by atoms with van der Waals surface area (Å²) in [5.41, 5.74) is 3.52. The van der Waals surface area contributed by atoms with Gasteiger partial charge in [-0.1, -0.05) is 31.4 Å². The van der Waals surface area contributed by atoms with Crippen LogP contribution in [0.3, 0.4) is 0 Å². The molecule has 1 aliphatic heterocycles. The lowest BCUT2D eigenvalue weighted by atomic mass is 9.94. The number of carbonyl (C=O) groups is 2. The maximum absolute atomic E-state index is 14.0. The Balaban J connectivity index is 1.57. The number of aryl methyl sites for hydroxylation is 1. The molecule has 1 saturated carbocycles. The predicted molar refractivity (Wildman–Crippen MR) is 134 cm³/mol. The van der Waals surface area contributed by atoms with Gasteiger partial charge in [0.05, 0.1) is 6.04 Å². The number of anilines is 1. The number of carbonyl (C=O) groups excluding carboxylic acids is 2. The van der Waals surface area contributed by atoms with Crippen molar-refractivity contribution in [1.29, 1.82) is 0 Å². The van der Waals surface area contributed by atoms with E-state index in [0.29, 0.717) is 11.3 Å². The summed E-state index contributed by atoms with van der Waals surface area (Å²) in [7, 11) is 0. The smallest absolute Gasteiger partial charge is 0.248 e. The van der Waals surface area contributed by atoms with E-state index in [1.807, 2.05) is 36.5 Å². The van der Waals surface area contributed by atoms with Gasteiger partial charge in [0.2, 0.25) is 11.8 Å². The van der Waals surface area contributed by atoms with Gasteiger partial charge in [0.15, 0.2) is 0 Å². The number of hydrogen-bond acceptors (Lipinski definition) is 4. The summed E-state index contributed by atoms with van der Waals surface area (Å²) in [6, 6.07) is 8.72. The van der Waals surface area contributed by atoms with E-state index in [0.717, 1.165) is 61.5 Å². The second-order valence-corrected chi connectivity index (χ2v) is 9.59. The molecule has 3 aromatic rings. The van der Waals surface area contributed by atoms with Gasteiger partial charge in [0, 0.05) is 46.8 Å². The van der Waals surface area contributed by atoms with Crippen LogP contribution in [0.1, 0.15) is 62.1 Å². The summed E-state index contributed by atoms with van der Waals surface area (Å²) < 4.78 is 0. The van der Waals surface area contributed by atoms with E-state index >= 15 is 0 Å². The lowest BCUT2D eigenvalue weighted by Gasteiger charge is -2.34. The van der Waals surface area contributed by atoms with Crippen molar-refractivity contribution in [2.75, 3.05) is 11.4 Å². The van der Waals surface area contributed by atoms with Crippen LogP contribution in [0.4, 0.5) is 5.69 Å². The van der Waals surface area contributed by atoms with Gasteiger partial charge in [-0.2, -0.15) is 0 Å². The van der Waals surface area contributed by atoms with Gasteiger partial charge in [-0.25, -0.2) is 0 Å². The number of H-pyrrole nitrogens is 1. The van der Waals surface area contributed by atoms with E-state index < -0.39 is 6.04 Å². The van der Waals surface area contributed by atoms with E-state index in [1.54, 1.807) is 17.3 Å². The second kappa shape index (κ2) is 9.97. The highest BCUT2D eigenvalue weighted by Crippen LogP contribution is 2.33. The average Bonchev–Trinajstić information content (AvgIpc) is 3.53. The maximum atomic E-state index is 14.0. The van der Waals surface area contributed by atoms with Gasteiger partial charge in [-0.15, -0.1) is 0 Å². The fraction of sp³-hybridized carbons (Fsp3) is 0.444. The standard InChI is InChI=1S/C27H33N5O2/c1-18-16-30-24-15-21(11-12-22(18)24)32(27(34)23-10-6-14-29-23)25(19-7-5-13-28-17-19)26(33)31-20-8-3-2-4-9-20/h5,7,11-13,15-17,20,23,25,29-30H,2-4,6,8-10,14H2,1H3,(H,31,33)/t23-,25?/m1/s1. The number of benzene rings is 1. The Kier molecular flexibility index (Phi) is 6.63. The minimum atomic E-state index is -0.793. The van der Waals surface area contributed by atoms with Crippen LogP contribution in [0.2, 0.25) is 0 Å². The molecule has 178 valence electrons. The molecule has 2 fully saturated rings. The summed E-state index contributed by atoms with van der Waals surface area (Å²) in [5, 5.41) is 7.70. The molecule has 1 saturated heterocycles. The SMILES string of the molecule is Cc1c[nH]c2cc(N(C(=O)[C@H]3CCCN3)C(C(=O)NC3CCCCC3)c3cccnc3)ccc12. The summed E-state index contributed by atoms with van der Waals surface area (Å²) in [6.07, 6.45) is 12.5. The highest BCUT2D eigenvalue weighted by molar-refractivity contribution is 6.05. The number of nitrogens with zero attached hydrogens (tertiary/aromatic N) is 2. The second-order valence-electron chi connectivity index (χ2n) is 9.59. The molecule has 1 aromatic carbocycles. The molecule has 3 N–H and O–H groups in total. The van der Waals surface area contributed by atoms with Crippen LogP contribution in [0.5, 0.6) is 0 Å². The molecular weight excluding hydrogens is 426 g/mol. The number of nitrogens with one attached hydrogen (secondary N) is 3. The molecule has 1 unspecified atom stereocenters. The number of fused-ring (bicyclic) bond motifs is 1. The van der Waals surface area contributed by atoms with Crippen molar-refractivity contribution in [1.82, 2.24) is 20.6 Å². The number of pyridine rings is 1. The molecule has 0 bridgehead atoms. The molecule has 3 heterocycles. The Hall–Kier alpha value is -3.19. The lowest BCUT2D eigenvalue weighted by Crippen LogP contribution is -2.51. The van der Waals surface area contributed by atoms with Crippen molar-refractivity contribution in [3.63, 3.8) is 0 Å². The third kappa shape index (κ3) is 4.57. The predicted octanol–water partition coefficient (Wildman–Crippen LogP) is 4.15. The van der Waals surface area contributed by atoms with Gasteiger partial charge in [-0.05, 0) is 62.9 Å². The first-order chi connectivity index (χ1) is 16.6. The van der Waals surface area contributed by atoms with E-state index in [4.69, 9.17) is 0 Å². The highest BCUT2D eigenvalue weighted by atomic mass is 16.2. The Morgan fingerprint density at radius 1 is 1.12 bits per heavy atom. The van der Waals surface area contributed by atoms with Crippen LogP contribution in [-0.4, -0.2) is 40.4 Å². The van der Waals surface area contributed by atoms with Crippen LogP contribution in [0.25, 0.3) is 10.9 Å². The average molecular weight is 460 g/mol. The largest absolute Gasteiger partial charge is 0.361 e. The number of aromatic amines is 1. The monoisotopic (exact) mass is 459 g/mol. The van der Waals surface area contributed by atoms with E-state index in [2.05, 4.69) is 27.5 Å². The molecule has 0 radical (unpaired) electrons. The molecule has 1 aliphatic carbocycles. The first-order valence-electron chi connectivity index (χ1n) is 12.5. The Morgan fingerprint density at radius 2 is 1.97 bits per heavy atom. The molecule has 2 aliphatic rings. The molecule has 0 spiro atoms. The molecule has 5 rings (SSSR count). The zero-order valence-corrected chi connectivity index (χ0v) is 19.7. The zero-order chi connectivity index (χ0) is 23.5. The first kappa shape index (κ1) is 22.6. The van der Waals surface area contributed by atoms with Crippen molar-refractivity contribution in [3.8, 4) is 0 Å². The minimum absolute atomic E-state index is 0.0761.